The zero-order chi connectivity index (χ0) is 15.6. The molecule has 2 aromatic rings. The summed E-state index contributed by atoms with van der Waals surface area (Å²) in [5.74, 6) is -1.04. The average molecular weight is 357 g/mol. The standard InChI is InChI=1S/C14H11BrF2N2O2/c1-8(11-6-9(16)2-4-13(11)17)18-10-3-5-14(19(20)21)12(15)7-10/h2-8,18H,1H3. The number of halogens is 3. The Kier molecular flexibility index (Phi) is 4.52. The molecule has 0 heterocycles. The van der Waals surface area contributed by atoms with Gasteiger partial charge in [0.2, 0.25) is 0 Å². The summed E-state index contributed by atoms with van der Waals surface area (Å²) in [5, 5.41) is 13.7. The van der Waals surface area contributed by atoms with Crippen LogP contribution in [0.1, 0.15) is 18.5 Å². The Hall–Kier alpha value is -2.02. The minimum absolute atomic E-state index is 0.0647. The number of hydrogen-bond acceptors (Lipinski definition) is 3. The van der Waals surface area contributed by atoms with Crippen molar-refractivity contribution in [2.75, 3.05) is 5.32 Å². The molecule has 0 saturated carbocycles. The summed E-state index contributed by atoms with van der Waals surface area (Å²) < 4.78 is 27.2. The Morgan fingerprint density at radius 1 is 1.24 bits per heavy atom. The quantitative estimate of drug-likeness (QED) is 0.631. The Morgan fingerprint density at radius 2 is 1.95 bits per heavy atom. The van der Waals surface area contributed by atoms with Gasteiger partial charge in [0.25, 0.3) is 5.69 Å². The molecular weight excluding hydrogens is 346 g/mol. The lowest BCUT2D eigenvalue weighted by atomic mass is 10.1. The van der Waals surface area contributed by atoms with Crippen molar-refractivity contribution in [3.8, 4) is 0 Å². The first-order valence-electron chi connectivity index (χ1n) is 6.04. The van der Waals surface area contributed by atoms with Crippen molar-refractivity contribution in [1.82, 2.24) is 0 Å². The smallest absolute Gasteiger partial charge is 0.283 e. The summed E-state index contributed by atoms with van der Waals surface area (Å²) in [6.07, 6.45) is 0. The highest BCUT2D eigenvalue weighted by Gasteiger charge is 2.15. The molecule has 110 valence electrons. The Bertz CT molecular complexity index is 695. The maximum atomic E-state index is 13.7. The van der Waals surface area contributed by atoms with Crippen LogP contribution in [0.2, 0.25) is 0 Å². The van der Waals surface area contributed by atoms with Crippen molar-refractivity contribution in [3.05, 3.63) is 68.2 Å². The summed E-state index contributed by atoms with van der Waals surface area (Å²) in [6, 6.07) is 7.11. The third-order valence-electron chi connectivity index (χ3n) is 2.95. The number of anilines is 1. The van der Waals surface area contributed by atoms with Crippen molar-refractivity contribution < 1.29 is 13.7 Å². The molecule has 4 nitrogen and oxygen atoms in total. The number of nitro groups is 1. The van der Waals surface area contributed by atoms with E-state index < -0.39 is 22.6 Å². The van der Waals surface area contributed by atoms with Crippen LogP contribution >= 0.6 is 15.9 Å². The summed E-state index contributed by atoms with van der Waals surface area (Å²) in [7, 11) is 0. The average Bonchev–Trinajstić information content (AvgIpc) is 2.41. The van der Waals surface area contributed by atoms with E-state index in [1.54, 1.807) is 6.92 Å². The minimum atomic E-state index is -0.523. The minimum Gasteiger partial charge on any atom is -0.378 e. The summed E-state index contributed by atoms with van der Waals surface area (Å²) in [6.45, 7) is 1.67. The van der Waals surface area contributed by atoms with Gasteiger partial charge in [-0.2, -0.15) is 0 Å². The van der Waals surface area contributed by atoms with E-state index in [9.17, 15) is 18.9 Å². The van der Waals surface area contributed by atoms with Gasteiger partial charge in [0.15, 0.2) is 0 Å². The summed E-state index contributed by atoms with van der Waals surface area (Å²) >= 11 is 3.10. The first-order chi connectivity index (χ1) is 9.88. The van der Waals surface area contributed by atoms with E-state index in [0.29, 0.717) is 10.2 Å². The third kappa shape index (κ3) is 3.55. The monoisotopic (exact) mass is 356 g/mol. The molecule has 2 aromatic carbocycles. The zero-order valence-corrected chi connectivity index (χ0v) is 12.5. The van der Waals surface area contributed by atoms with Crippen LogP contribution in [0.15, 0.2) is 40.9 Å². The van der Waals surface area contributed by atoms with Gasteiger partial charge in [0, 0.05) is 17.3 Å². The fourth-order valence-electron chi connectivity index (χ4n) is 1.92. The predicted octanol–water partition coefficient (Wildman–Crippen LogP) is 4.81. The van der Waals surface area contributed by atoms with Crippen molar-refractivity contribution >= 4 is 27.3 Å². The van der Waals surface area contributed by atoms with Crippen LogP contribution in [-0.2, 0) is 0 Å². The molecule has 0 spiro atoms. The molecule has 0 aliphatic rings. The Labute approximate surface area is 128 Å². The van der Waals surface area contributed by atoms with Gasteiger partial charge in [0.05, 0.1) is 15.4 Å². The molecule has 1 N–H and O–H groups in total. The molecule has 0 bridgehead atoms. The molecule has 0 aliphatic heterocycles. The van der Waals surface area contributed by atoms with E-state index in [1.807, 2.05) is 0 Å². The van der Waals surface area contributed by atoms with Crippen LogP contribution in [0, 0.1) is 21.7 Å². The fourth-order valence-corrected chi connectivity index (χ4v) is 2.44. The van der Waals surface area contributed by atoms with Gasteiger partial charge in [-0.1, -0.05) is 0 Å². The van der Waals surface area contributed by atoms with Crippen molar-refractivity contribution in [2.45, 2.75) is 13.0 Å². The third-order valence-corrected chi connectivity index (χ3v) is 3.59. The molecule has 1 unspecified atom stereocenters. The van der Waals surface area contributed by atoms with Gasteiger partial charge in [0.1, 0.15) is 11.6 Å². The number of nitro benzene ring substituents is 1. The maximum absolute atomic E-state index is 13.7. The van der Waals surface area contributed by atoms with Crippen LogP contribution in [-0.4, -0.2) is 4.92 Å². The number of benzene rings is 2. The van der Waals surface area contributed by atoms with E-state index in [1.165, 1.54) is 18.2 Å². The van der Waals surface area contributed by atoms with E-state index in [0.717, 1.165) is 18.2 Å². The fraction of sp³-hybridized carbons (Fsp3) is 0.143. The molecule has 0 aromatic heterocycles. The van der Waals surface area contributed by atoms with Crippen molar-refractivity contribution in [2.24, 2.45) is 0 Å². The highest BCUT2D eigenvalue weighted by Crippen LogP contribution is 2.30. The molecule has 21 heavy (non-hydrogen) atoms. The Morgan fingerprint density at radius 3 is 2.57 bits per heavy atom. The topological polar surface area (TPSA) is 55.2 Å². The molecule has 0 fully saturated rings. The summed E-state index contributed by atoms with van der Waals surface area (Å²) in [4.78, 5) is 10.2. The van der Waals surface area contributed by atoms with Gasteiger partial charge in [-0.3, -0.25) is 10.1 Å². The van der Waals surface area contributed by atoms with Crippen LogP contribution in [0.3, 0.4) is 0 Å². The van der Waals surface area contributed by atoms with Gasteiger partial charge in [-0.05, 0) is 53.2 Å². The second-order valence-corrected chi connectivity index (χ2v) is 5.31. The lowest BCUT2D eigenvalue weighted by molar-refractivity contribution is -0.385. The number of rotatable bonds is 4. The second kappa shape index (κ2) is 6.17. The molecular formula is C14H11BrF2N2O2. The molecule has 0 saturated heterocycles. The Balaban J connectivity index is 2.23. The van der Waals surface area contributed by atoms with Crippen LogP contribution in [0.25, 0.3) is 0 Å². The number of nitrogens with zero attached hydrogens (tertiary/aromatic N) is 1. The largest absolute Gasteiger partial charge is 0.378 e. The SMILES string of the molecule is CC(Nc1ccc([N+](=O)[O-])c(Br)c1)c1cc(F)ccc1F. The molecule has 1 atom stereocenters. The van der Waals surface area contributed by atoms with Crippen molar-refractivity contribution in [3.63, 3.8) is 0 Å². The van der Waals surface area contributed by atoms with E-state index in [2.05, 4.69) is 21.2 Å². The van der Waals surface area contributed by atoms with Crippen LogP contribution in [0.4, 0.5) is 20.2 Å². The zero-order valence-electron chi connectivity index (χ0n) is 10.9. The lowest BCUT2D eigenvalue weighted by Crippen LogP contribution is -2.09. The maximum Gasteiger partial charge on any atom is 0.283 e. The molecule has 0 radical (unpaired) electrons. The highest BCUT2D eigenvalue weighted by molar-refractivity contribution is 9.10. The number of nitrogens with one attached hydrogen (secondary N) is 1. The lowest BCUT2D eigenvalue weighted by Gasteiger charge is -2.16. The second-order valence-electron chi connectivity index (χ2n) is 4.46. The van der Waals surface area contributed by atoms with Crippen molar-refractivity contribution in [1.29, 1.82) is 0 Å². The number of hydrogen-bond donors (Lipinski definition) is 1. The van der Waals surface area contributed by atoms with E-state index >= 15 is 0 Å². The van der Waals surface area contributed by atoms with Crippen LogP contribution in [0.5, 0.6) is 0 Å². The van der Waals surface area contributed by atoms with E-state index in [-0.39, 0.29) is 11.3 Å². The van der Waals surface area contributed by atoms with Crippen LogP contribution < -0.4 is 5.32 Å². The first-order valence-corrected chi connectivity index (χ1v) is 6.83. The normalized spacial score (nSPS) is 12.0. The molecule has 2 rings (SSSR count). The first kappa shape index (κ1) is 15.4. The van der Waals surface area contributed by atoms with Gasteiger partial charge >= 0.3 is 0 Å². The van der Waals surface area contributed by atoms with Gasteiger partial charge in [-0.25, -0.2) is 8.78 Å². The molecule has 7 heteroatoms. The van der Waals surface area contributed by atoms with E-state index in [4.69, 9.17) is 0 Å². The summed E-state index contributed by atoms with van der Waals surface area (Å²) in [5.41, 5.74) is 0.679. The van der Waals surface area contributed by atoms with Gasteiger partial charge in [-0.15, -0.1) is 0 Å². The van der Waals surface area contributed by atoms with Gasteiger partial charge < -0.3 is 5.32 Å². The predicted molar refractivity (Wildman–Crippen MR) is 79.2 cm³/mol. The highest BCUT2D eigenvalue weighted by atomic mass is 79.9. The molecule has 0 amide bonds. The molecule has 0 aliphatic carbocycles.